The Balaban J connectivity index is 1.50. The van der Waals surface area contributed by atoms with Crippen LogP contribution < -0.4 is 5.32 Å². The van der Waals surface area contributed by atoms with Crippen LogP contribution in [0, 0.1) is 6.92 Å². The van der Waals surface area contributed by atoms with Crippen LogP contribution in [0.25, 0.3) is 0 Å². The van der Waals surface area contributed by atoms with E-state index in [2.05, 4.69) is 39.2 Å². The number of nitrogens with one attached hydrogen (secondary N) is 1. The van der Waals surface area contributed by atoms with Crippen LogP contribution in [0.5, 0.6) is 0 Å². The lowest BCUT2D eigenvalue weighted by Crippen LogP contribution is -2.50. The predicted octanol–water partition coefficient (Wildman–Crippen LogP) is 2.52. The zero-order valence-corrected chi connectivity index (χ0v) is 19.6. The molecule has 0 bridgehead atoms. The fraction of sp³-hybridized carbons (Fsp3) is 0.773. The Hall–Kier alpha value is -1.19. The molecule has 3 rings (SSSR count). The summed E-state index contributed by atoms with van der Waals surface area (Å²) in [5, 5.41) is 3.66. The minimum atomic E-state index is 0.353. The summed E-state index contributed by atoms with van der Waals surface area (Å²) in [5.74, 6) is 0.999. The lowest BCUT2D eigenvalue weighted by atomic mass is 10.1. The SMILES string of the molecule is CN=C(NCC(c1ccc(C)s1)N1CCOCC1)N1CCC(OCCCOC)CC1. The zero-order valence-electron chi connectivity index (χ0n) is 18.8. The topological polar surface area (TPSA) is 58.6 Å². The smallest absolute Gasteiger partial charge is 0.193 e. The van der Waals surface area contributed by atoms with Crippen LogP contribution in [0.15, 0.2) is 17.1 Å². The molecule has 1 N–H and O–H groups in total. The molecule has 1 aromatic heterocycles. The highest BCUT2D eigenvalue weighted by Crippen LogP contribution is 2.28. The second-order valence-electron chi connectivity index (χ2n) is 7.94. The van der Waals surface area contributed by atoms with Crippen molar-refractivity contribution in [2.75, 3.05) is 73.3 Å². The number of guanidine groups is 1. The molecule has 8 heteroatoms. The molecule has 0 amide bonds. The van der Waals surface area contributed by atoms with Crippen molar-refractivity contribution < 1.29 is 14.2 Å². The van der Waals surface area contributed by atoms with E-state index < -0.39 is 0 Å². The molecule has 1 atom stereocenters. The van der Waals surface area contributed by atoms with Crippen molar-refractivity contribution in [3.63, 3.8) is 0 Å². The summed E-state index contributed by atoms with van der Waals surface area (Å²) in [6, 6.07) is 4.85. The summed E-state index contributed by atoms with van der Waals surface area (Å²) in [6.07, 6.45) is 3.41. The van der Waals surface area contributed by atoms with Gasteiger partial charge in [0.15, 0.2) is 5.96 Å². The van der Waals surface area contributed by atoms with Crippen LogP contribution in [0.1, 0.15) is 35.1 Å². The van der Waals surface area contributed by atoms with Crippen LogP contribution in [0.3, 0.4) is 0 Å². The number of likely N-dealkylation sites (tertiary alicyclic amines) is 1. The highest BCUT2D eigenvalue weighted by atomic mass is 32.1. The quantitative estimate of drug-likeness (QED) is 0.363. The molecule has 170 valence electrons. The summed E-state index contributed by atoms with van der Waals surface area (Å²) in [7, 11) is 3.62. The van der Waals surface area contributed by atoms with Gasteiger partial charge in [0.2, 0.25) is 0 Å². The maximum Gasteiger partial charge on any atom is 0.193 e. The van der Waals surface area contributed by atoms with Crippen molar-refractivity contribution in [1.82, 2.24) is 15.1 Å². The van der Waals surface area contributed by atoms with E-state index in [1.807, 2.05) is 18.4 Å². The minimum absolute atomic E-state index is 0.353. The van der Waals surface area contributed by atoms with Crippen LogP contribution in [0.4, 0.5) is 0 Å². The van der Waals surface area contributed by atoms with E-state index in [9.17, 15) is 0 Å². The Kier molecular flexibility index (Phi) is 9.87. The van der Waals surface area contributed by atoms with Gasteiger partial charge in [0.25, 0.3) is 0 Å². The van der Waals surface area contributed by atoms with Gasteiger partial charge in [0, 0.05) is 69.8 Å². The van der Waals surface area contributed by atoms with Gasteiger partial charge in [-0.2, -0.15) is 0 Å². The summed E-state index contributed by atoms with van der Waals surface area (Å²) in [6.45, 7) is 10.1. The number of methoxy groups -OCH3 is 1. The lowest BCUT2D eigenvalue weighted by molar-refractivity contribution is 0.00934. The van der Waals surface area contributed by atoms with Crippen LogP contribution in [0.2, 0.25) is 0 Å². The largest absolute Gasteiger partial charge is 0.385 e. The predicted molar refractivity (Wildman–Crippen MR) is 123 cm³/mol. The van der Waals surface area contributed by atoms with Gasteiger partial charge >= 0.3 is 0 Å². The second-order valence-corrected chi connectivity index (χ2v) is 9.26. The minimum Gasteiger partial charge on any atom is -0.385 e. The fourth-order valence-electron chi connectivity index (χ4n) is 4.14. The number of hydrogen-bond acceptors (Lipinski definition) is 6. The third-order valence-electron chi connectivity index (χ3n) is 5.83. The van der Waals surface area contributed by atoms with Gasteiger partial charge in [0.1, 0.15) is 0 Å². The van der Waals surface area contributed by atoms with Crippen molar-refractivity contribution in [3.05, 3.63) is 21.9 Å². The number of piperidine rings is 1. The van der Waals surface area contributed by atoms with Gasteiger partial charge < -0.3 is 24.4 Å². The molecule has 2 fully saturated rings. The Bertz CT molecular complexity index is 640. The molecule has 1 aromatic rings. The third kappa shape index (κ3) is 6.92. The zero-order chi connectivity index (χ0) is 21.2. The number of ether oxygens (including phenoxy) is 3. The van der Waals surface area contributed by atoms with E-state index >= 15 is 0 Å². The number of aliphatic imine (C=N–C) groups is 1. The van der Waals surface area contributed by atoms with E-state index in [1.165, 1.54) is 9.75 Å². The Morgan fingerprint density at radius 3 is 2.63 bits per heavy atom. The molecule has 2 aliphatic rings. The van der Waals surface area contributed by atoms with Crippen LogP contribution >= 0.6 is 11.3 Å². The van der Waals surface area contributed by atoms with Gasteiger partial charge in [-0.05, 0) is 38.3 Å². The first-order valence-corrected chi connectivity index (χ1v) is 12.0. The first-order valence-electron chi connectivity index (χ1n) is 11.2. The van der Waals surface area contributed by atoms with Crippen LogP contribution in [-0.2, 0) is 14.2 Å². The highest BCUT2D eigenvalue weighted by Gasteiger charge is 2.26. The van der Waals surface area contributed by atoms with Crippen molar-refractivity contribution >= 4 is 17.3 Å². The summed E-state index contributed by atoms with van der Waals surface area (Å²) in [5.41, 5.74) is 0. The molecule has 2 aliphatic heterocycles. The maximum atomic E-state index is 6.00. The summed E-state index contributed by atoms with van der Waals surface area (Å²) in [4.78, 5) is 12.3. The van der Waals surface area contributed by atoms with Crippen molar-refractivity contribution in [2.24, 2.45) is 4.99 Å². The Labute approximate surface area is 185 Å². The van der Waals surface area contributed by atoms with E-state index in [4.69, 9.17) is 14.2 Å². The lowest BCUT2D eigenvalue weighted by Gasteiger charge is -2.37. The average molecular weight is 439 g/mol. The molecular formula is C22H38N4O3S. The van der Waals surface area contributed by atoms with Crippen molar-refractivity contribution in [3.8, 4) is 0 Å². The summed E-state index contributed by atoms with van der Waals surface area (Å²) >= 11 is 1.89. The highest BCUT2D eigenvalue weighted by molar-refractivity contribution is 7.12. The first-order chi connectivity index (χ1) is 14.7. The molecule has 0 saturated carbocycles. The molecule has 1 unspecified atom stereocenters. The van der Waals surface area contributed by atoms with Crippen LogP contribution in [-0.4, -0.2) is 95.2 Å². The molecule has 0 radical (unpaired) electrons. The van der Waals surface area contributed by atoms with Gasteiger partial charge in [-0.15, -0.1) is 11.3 Å². The average Bonchev–Trinajstić information content (AvgIpc) is 3.21. The van der Waals surface area contributed by atoms with Gasteiger partial charge in [-0.1, -0.05) is 0 Å². The van der Waals surface area contributed by atoms with E-state index in [1.54, 1.807) is 7.11 Å². The third-order valence-corrected chi connectivity index (χ3v) is 6.93. The standard InChI is InChI=1S/C22H38N4O3S/c1-18-5-6-21(30-18)20(25-11-15-28-16-12-25)17-24-22(23-2)26-9-7-19(8-10-26)29-14-4-13-27-3/h5-6,19-20H,4,7-17H2,1-3H3,(H,23,24). The first kappa shape index (κ1) is 23.5. The number of thiophene rings is 1. The molecule has 3 heterocycles. The Morgan fingerprint density at radius 1 is 1.23 bits per heavy atom. The van der Waals surface area contributed by atoms with Crippen molar-refractivity contribution in [2.45, 2.75) is 38.3 Å². The number of aryl methyl sites for hydroxylation is 1. The van der Waals surface area contributed by atoms with Crippen molar-refractivity contribution in [1.29, 1.82) is 0 Å². The molecule has 2 saturated heterocycles. The monoisotopic (exact) mass is 438 g/mol. The molecule has 0 spiro atoms. The van der Waals surface area contributed by atoms with Gasteiger partial charge in [0.05, 0.1) is 25.4 Å². The molecule has 0 aliphatic carbocycles. The number of hydrogen-bond donors (Lipinski definition) is 1. The van der Waals surface area contributed by atoms with E-state index in [0.717, 1.165) is 84.4 Å². The molecule has 30 heavy (non-hydrogen) atoms. The normalized spacial score (nSPS) is 20.5. The van der Waals surface area contributed by atoms with E-state index in [-0.39, 0.29) is 0 Å². The molecule has 0 aromatic carbocycles. The maximum absolute atomic E-state index is 6.00. The molecule has 7 nitrogen and oxygen atoms in total. The summed E-state index contributed by atoms with van der Waals surface area (Å²) < 4.78 is 16.7. The molecular weight excluding hydrogens is 400 g/mol. The number of morpholine rings is 1. The fourth-order valence-corrected chi connectivity index (χ4v) is 5.15. The second kappa shape index (κ2) is 12.6. The Morgan fingerprint density at radius 2 is 2.00 bits per heavy atom. The van der Waals surface area contributed by atoms with E-state index in [0.29, 0.717) is 12.1 Å². The van der Waals surface area contributed by atoms with Gasteiger partial charge in [-0.3, -0.25) is 9.89 Å². The number of nitrogens with zero attached hydrogens (tertiary/aromatic N) is 3. The number of rotatable bonds is 9. The van der Waals surface area contributed by atoms with Gasteiger partial charge in [-0.25, -0.2) is 0 Å².